The summed E-state index contributed by atoms with van der Waals surface area (Å²) in [6, 6.07) is 3.76. The number of nitrogens with two attached hydrogens (primary N) is 1. The number of rotatable bonds is 3. The molecular formula is C10H14N6S. The number of anilines is 1. The number of hydrogen-bond acceptors (Lipinski definition) is 6. The molecule has 0 aliphatic heterocycles. The molecule has 7 heteroatoms. The Bertz CT molecular complexity index is 513. The molecule has 0 bridgehead atoms. The van der Waals surface area contributed by atoms with Crippen LogP contribution in [0.4, 0.5) is 5.82 Å². The summed E-state index contributed by atoms with van der Waals surface area (Å²) in [6.07, 6.45) is 1.92. The summed E-state index contributed by atoms with van der Waals surface area (Å²) < 4.78 is 1.78. The molecule has 0 amide bonds. The quantitative estimate of drug-likeness (QED) is 0.370. The molecule has 0 spiro atoms. The maximum Gasteiger partial charge on any atom is 0.191 e. The highest BCUT2D eigenvalue weighted by atomic mass is 32.2. The summed E-state index contributed by atoms with van der Waals surface area (Å²) in [5.74, 6) is 6.67. The van der Waals surface area contributed by atoms with Crippen molar-refractivity contribution in [3.63, 3.8) is 0 Å². The average molecular weight is 250 g/mol. The van der Waals surface area contributed by atoms with Crippen molar-refractivity contribution in [3.05, 3.63) is 23.5 Å². The van der Waals surface area contributed by atoms with E-state index in [-0.39, 0.29) is 0 Å². The van der Waals surface area contributed by atoms with Gasteiger partial charge in [-0.2, -0.15) is 5.10 Å². The topological polar surface area (TPSA) is 81.6 Å². The summed E-state index contributed by atoms with van der Waals surface area (Å²) in [4.78, 5) is 8.61. The third-order valence-electron chi connectivity index (χ3n) is 2.25. The van der Waals surface area contributed by atoms with Gasteiger partial charge in [-0.25, -0.2) is 20.5 Å². The molecule has 0 saturated heterocycles. The Morgan fingerprint density at radius 2 is 2.06 bits per heavy atom. The summed E-state index contributed by atoms with van der Waals surface area (Å²) in [5.41, 5.74) is 4.51. The van der Waals surface area contributed by atoms with E-state index in [0.717, 1.165) is 11.4 Å². The van der Waals surface area contributed by atoms with Crippen molar-refractivity contribution in [2.24, 2.45) is 5.84 Å². The van der Waals surface area contributed by atoms with Gasteiger partial charge in [-0.1, -0.05) is 11.8 Å². The summed E-state index contributed by atoms with van der Waals surface area (Å²) in [6.45, 7) is 3.93. The average Bonchev–Trinajstić information content (AvgIpc) is 2.67. The zero-order valence-corrected chi connectivity index (χ0v) is 10.7. The van der Waals surface area contributed by atoms with E-state index < -0.39 is 0 Å². The number of nitrogens with one attached hydrogen (secondary N) is 1. The van der Waals surface area contributed by atoms with Crippen LogP contribution in [0.15, 0.2) is 17.3 Å². The maximum atomic E-state index is 5.38. The Morgan fingerprint density at radius 1 is 1.29 bits per heavy atom. The predicted molar refractivity (Wildman–Crippen MR) is 68.2 cm³/mol. The molecule has 0 fully saturated rings. The van der Waals surface area contributed by atoms with Crippen LogP contribution in [0.1, 0.15) is 11.4 Å². The fourth-order valence-corrected chi connectivity index (χ4v) is 1.92. The minimum atomic E-state index is 0.576. The van der Waals surface area contributed by atoms with E-state index in [4.69, 9.17) is 5.84 Å². The standard InChI is InChI=1S/C10H14N6S/c1-6-4-7(2)16(15-6)9-5-8(14-11)12-10(13-9)17-3/h4-5H,11H2,1-3H3,(H,12,13,14). The van der Waals surface area contributed by atoms with Crippen LogP contribution in [0.25, 0.3) is 5.82 Å². The zero-order chi connectivity index (χ0) is 12.4. The third-order valence-corrected chi connectivity index (χ3v) is 2.80. The second-order valence-electron chi connectivity index (χ2n) is 3.58. The molecule has 0 aliphatic rings. The minimum absolute atomic E-state index is 0.576. The number of aromatic nitrogens is 4. The van der Waals surface area contributed by atoms with Crippen molar-refractivity contribution in [2.45, 2.75) is 19.0 Å². The molecule has 0 unspecified atom stereocenters. The van der Waals surface area contributed by atoms with Crippen LogP contribution >= 0.6 is 11.8 Å². The molecule has 0 aliphatic carbocycles. The first kappa shape index (κ1) is 11.9. The van der Waals surface area contributed by atoms with Gasteiger partial charge >= 0.3 is 0 Å². The molecule has 0 saturated carbocycles. The first-order valence-electron chi connectivity index (χ1n) is 5.07. The van der Waals surface area contributed by atoms with Gasteiger partial charge in [0.05, 0.1) is 5.69 Å². The van der Waals surface area contributed by atoms with Crippen molar-refractivity contribution in [1.29, 1.82) is 0 Å². The number of hydrogen-bond donors (Lipinski definition) is 2. The van der Waals surface area contributed by atoms with E-state index in [2.05, 4.69) is 20.5 Å². The molecule has 2 aromatic heterocycles. The van der Waals surface area contributed by atoms with E-state index in [0.29, 0.717) is 16.8 Å². The molecule has 3 N–H and O–H groups in total. The molecule has 0 aromatic carbocycles. The normalized spacial score (nSPS) is 10.6. The lowest BCUT2D eigenvalue weighted by atomic mass is 10.4. The first-order valence-corrected chi connectivity index (χ1v) is 6.30. The summed E-state index contributed by atoms with van der Waals surface area (Å²) >= 11 is 1.46. The van der Waals surface area contributed by atoms with E-state index in [9.17, 15) is 0 Å². The van der Waals surface area contributed by atoms with Crippen molar-refractivity contribution < 1.29 is 0 Å². The van der Waals surface area contributed by atoms with Gasteiger partial charge in [-0.05, 0) is 26.2 Å². The van der Waals surface area contributed by atoms with Crippen molar-refractivity contribution >= 4 is 17.6 Å². The molecule has 2 heterocycles. The summed E-state index contributed by atoms with van der Waals surface area (Å²) in [7, 11) is 0. The maximum absolute atomic E-state index is 5.38. The van der Waals surface area contributed by atoms with Gasteiger partial charge < -0.3 is 5.43 Å². The SMILES string of the molecule is CSc1nc(NN)cc(-n2nc(C)cc2C)n1. The van der Waals surface area contributed by atoms with Crippen molar-refractivity contribution in [3.8, 4) is 5.82 Å². The zero-order valence-electron chi connectivity index (χ0n) is 9.93. The monoisotopic (exact) mass is 250 g/mol. The summed E-state index contributed by atoms with van der Waals surface area (Å²) in [5, 5.41) is 5.04. The Labute approximate surface area is 104 Å². The lowest BCUT2D eigenvalue weighted by Gasteiger charge is -2.07. The van der Waals surface area contributed by atoms with Crippen LogP contribution in [0.3, 0.4) is 0 Å². The fraction of sp³-hybridized carbons (Fsp3) is 0.300. The van der Waals surface area contributed by atoms with E-state index >= 15 is 0 Å². The minimum Gasteiger partial charge on any atom is -0.308 e. The van der Waals surface area contributed by atoms with E-state index in [1.807, 2.05) is 26.2 Å². The van der Waals surface area contributed by atoms with Crippen LogP contribution in [0.5, 0.6) is 0 Å². The van der Waals surface area contributed by atoms with Crippen LogP contribution in [-0.2, 0) is 0 Å². The molecule has 2 aromatic rings. The van der Waals surface area contributed by atoms with Crippen LogP contribution in [0, 0.1) is 13.8 Å². The molecule has 0 atom stereocenters. The Hall–Kier alpha value is -1.60. The van der Waals surface area contributed by atoms with Gasteiger partial charge in [-0.15, -0.1) is 0 Å². The number of nitrogens with zero attached hydrogens (tertiary/aromatic N) is 4. The Kier molecular flexibility index (Phi) is 3.30. The van der Waals surface area contributed by atoms with Gasteiger partial charge in [-0.3, -0.25) is 0 Å². The van der Waals surface area contributed by atoms with Crippen LogP contribution < -0.4 is 11.3 Å². The van der Waals surface area contributed by atoms with E-state index in [1.54, 1.807) is 10.7 Å². The van der Waals surface area contributed by atoms with Gasteiger partial charge in [0.15, 0.2) is 11.0 Å². The second-order valence-corrected chi connectivity index (χ2v) is 4.35. The number of aryl methyl sites for hydroxylation is 2. The molecule has 0 radical (unpaired) electrons. The van der Waals surface area contributed by atoms with Gasteiger partial charge in [0.2, 0.25) is 0 Å². The smallest absolute Gasteiger partial charge is 0.191 e. The largest absolute Gasteiger partial charge is 0.308 e. The number of nitrogen functional groups attached to an aromatic ring is 1. The molecule has 2 rings (SSSR count). The number of thioether (sulfide) groups is 1. The van der Waals surface area contributed by atoms with Gasteiger partial charge in [0, 0.05) is 11.8 Å². The van der Waals surface area contributed by atoms with Crippen LogP contribution in [-0.4, -0.2) is 26.0 Å². The number of hydrazine groups is 1. The highest BCUT2D eigenvalue weighted by Crippen LogP contribution is 2.17. The van der Waals surface area contributed by atoms with Crippen molar-refractivity contribution in [1.82, 2.24) is 19.7 Å². The third kappa shape index (κ3) is 2.40. The Balaban J connectivity index is 2.54. The highest BCUT2D eigenvalue weighted by Gasteiger charge is 2.08. The molecule has 90 valence electrons. The fourth-order valence-electron chi connectivity index (χ4n) is 1.55. The lowest BCUT2D eigenvalue weighted by Crippen LogP contribution is -2.11. The molecule has 17 heavy (non-hydrogen) atoms. The Morgan fingerprint density at radius 3 is 2.59 bits per heavy atom. The highest BCUT2D eigenvalue weighted by molar-refractivity contribution is 7.98. The van der Waals surface area contributed by atoms with Crippen LogP contribution in [0.2, 0.25) is 0 Å². The van der Waals surface area contributed by atoms with Gasteiger partial charge in [0.25, 0.3) is 0 Å². The van der Waals surface area contributed by atoms with E-state index in [1.165, 1.54) is 11.8 Å². The predicted octanol–water partition coefficient (Wildman–Crippen LogP) is 1.29. The molecule has 6 nitrogen and oxygen atoms in total. The lowest BCUT2D eigenvalue weighted by molar-refractivity contribution is 0.778. The molecular weight excluding hydrogens is 236 g/mol. The second kappa shape index (κ2) is 4.72. The van der Waals surface area contributed by atoms with Gasteiger partial charge in [0.1, 0.15) is 5.82 Å². The van der Waals surface area contributed by atoms with Crippen molar-refractivity contribution in [2.75, 3.05) is 11.7 Å². The first-order chi connectivity index (χ1) is 8.13.